The number of carbonyl (C=O) groups is 1. The van der Waals surface area contributed by atoms with E-state index >= 15 is 0 Å². The molecule has 0 fully saturated rings. The zero-order valence-electron chi connectivity index (χ0n) is 11.8. The highest BCUT2D eigenvalue weighted by atomic mass is 16.5. The predicted molar refractivity (Wildman–Crippen MR) is 73.3 cm³/mol. The van der Waals surface area contributed by atoms with Crippen LogP contribution in [0.5, 0.6) is 5.88 Å². The summed E-state index contributed by atoms with van der Waals surface area (Å²) in [4.78, 5) is 20.1. The number of carbonyl (C=O) groups excluding carboxylic acids is 1. The van der Waals surface area contributed by atoms with Crippen molar-refractivity contribution in [3.05, 3.63) is 6.33 Å². The van der Waals surface area contributed by atoms with Crippen LogP contribution in [0.2, 0.25) is 0 Å². The SMILES string of the molecule is COc1ncnc2c1NC(=O)CC(CC(C)(C)C)N2. The van der Waals surface area contributed by atoms with Gasteiger partial charge < -0.3 is 15.4 Å². The van der Waals surface area contributed by atoms with E-state index in [9.17, 15) is 4.79 Å². The molecule has 1 aromatic rings. The topological polar surface area (TPSA) is 76.1 Å². The van der Waals surface area contributed by atoms with Gasteiger partial charge in [-0.25, -0.2) is 4.98 Å². The number of anilines is 2. The number of methoxy groups -OCH3 is 1. The van der Waals surface area contributed by atoms with Crippen LogP contribution in [0.3, 0.4) is 0 Å². The molecule has 1 amide bonds. The van der Waals surface area contributed by atoms with Gasteiger partial charge in [0.2, 0.25) is 11.8 Å². The van der Waals surface area contributed by atoms with E-state index in [1.54, 1.807) is 0 Å². The number of nitrogens with one attached hydrogen (secondary N) is 2. The average Bonchev–Trinajstić information content (AvgIpc) is 2.43. The number of nitrogens with zero attached hydrogens (tertiary/aromatic N) is 2. The van der Waals surface area contributed by atoms with Crippen molar-refractivity contribution >= 4 is 17.4 Å². The number of hydrogen-bond donors (Lipinski definition) is 2. The first-order chi connectivity index (χ1) is 8.89. The van der Waals surface area contributed by atoms with E-state index in [-0.39, 0.29) is 17.4 Å². The molecule has 1 aliphatic heterocycles. The first kappa shape index (κ1) is 13.6. The molecule has 0 saturated heterocycles. The summed E-state index contributed by atoms with van der Waals surface area (Å²) < 4.78 is 5.15. The summed E-state index contributed by atoms with van der Waals surface area (Å²) in [5.74, 6) is 0.947. The molecular weight excluding hydrogens is 244 g/mol. The van der Waals surface area contributed by atoms with Crippen LogP contribution in [0.25, 0.3) is 0 Å². The van der Waals surface area contributed by atoms with Crippen molar-refractivity contribution in [1.29, 1.82) is 0 Å². The minimum atomic E-state index is -0.0476. The summed E-state index contributed by atoms with van der Waals surface area (Å²) in [6.45, 7) is 6.46. The van der Waals surface area contributed by atoms with Crippen LogP contribution < -0.4 is 15.4 Å². The normalized spacial score (nSPS) is 18.9. The molecule has 0 spiro atoms. The van der Waals surface area contributed by atoms with E-state index in [0.29, 0.717) is 23.8 Å². The zero-order valence-corrected chi connectivity index (χ0v) is 11.8. The summed E-state index contributed by atoms with van der Waals surface area (Å²) in [5, 5.41) is 6.11. The average molecular weight is 264 g/mol. The second-order valence-corrected chi connectivity index (χ2v) is 5.96. The van der Waals surface area contributed by atoms with E-state index in [1.165, 1.54) is 13.4 Å². The summed E-state index contributed by atoms with van der Waals surface area (Å²) >= 11 is 0. The minimum Gasteiger partial charge on any atom is -0.479 e. The van der Waals surface area contributed by atoms with Crippen molar-refractivity contribution < 1.29 is 9.53 Å². The van der Waals surface area contributed by atoms with Crippen molar-refractivity contribution in [2.45, 2.75) is 39.7 Å². The predicted octanol–water partition coefficient (Wildman–Crippen LogP) is 2.04. The number of ether oxygens (including phenoxy) is 1. The summed E-state index contributed by atoms with van der Waals surface area (Å²) in [7, 11) is 1.52. The van der Waals surface area contributed by atoms with Crippen LogP contribution >= 0.6 is 0 Å². The third-order valence-corrected chi connectivity index (χ3v) is 2.90. The van der Waals surface area contributed by atoms with Crippen LogP contribution in [0.4, 0.5) is 11.5 Å². The van der Waals surface area contributed by atoms with E-state index in [2.05, 4.69) is 41.4 Å². The maximum absolute atomic E-state index is 11.9. The number of fused-ring (bicyclic) bond motifs is 1. The zero-order chi connectivity index (χ0) is 14.0. The van der Waals surface area contributed by atoms with Crippen LogP contribution in [0.1, 0.15) is 33.6 Å². The second kappa shape index (κ2) is 5.03. The molecule has 0 radical (unpaired) electrons. The fraction of sp³-hybridized carbons (Fsp3) is 0.615. The number of hydrogen-bond acceptors (Lipinski definition) is 5. The Kier molecular flexibility index (Phi) is 3.59. The first-order valence-electron chi connectivity index (χ1n) is 6.34. The van der Waals surface area contributed by atoms with Gasteiger partial charge in [-0.1, -0.05) is 20.8 Å². The van der Waals surface area contributed by atoms with Gasteiger partial charge in [-0.05, 0) is 11.8 Å². The second-order valence-electron chi connectivity index (χ2n) is 5.96. The fourth-order valence-electron chi connectivity index (χ4n) is 2.27. The van der Waals surface area contributed by atoms with Gasteiger partial charge in [0.1, 0.15) is 12.0 Å². The molecule has 1 unspecified atom stereocenters. The van der Waals surface area contributed by atoms with Crippen molar-refractivity contribution in [3.63, 3.8) is 0 Å². The Morgan fingerprint density at radius 3 is 2.79 bits per heavy atom. The molecule has 0 bridgehead atoms. The first-order valence-corrected chi connectivity index (χ1v) is 6.34. The third-order valence-electron chi connectivity index (χ3n) is 2.90. The van der Waals surface area contributed by atoms with Crippen molar-refractivity contribution in [1.82, 2.24) is 9.97 Å². The van der Waals surface area contributed by atoms with Crippen molar-refractivity contribution in [2.24, 2.45) is 5.41 Å². The van der Waals surface area contributed by atoms with E-state index in [1.807, 2.05) is 0 Å². The van der Waals surface area contributed by atoms with Crippen LogP contribution in [0, 0.1) is 5.41 Å². The Morgan fingerprint density at radius 1 is 1.42 bits per heavy atom. The van der Waals surface area contributed by atoms with E-state index in [4.69, 9.17) is 4.74 Å². The number of rotatable bonds is 2. The van der Waals surface area contributed by atoms with Gasteiger partial charge >= 0.3 is 0 Å². The highest BCUT2D eigenvalue weighted by molar-refractivity contribution is 5.97. The van der Waals surface area contributed by atoms with Gasteiger partial charge in [-0.15, -0.1) is 0 Å². The van der Waals surface area contributed by atoms with Crippen molar-refractivity contribution in [2.75, 3.05) is 17.7 Å². The molecular formula is C13H20N4O2. The molecule has 1 aliphatic rings. The molecule has 0 saturated carbocycles. The summed E-state index contributed by atoms with van der Waals surface area (Å²) in [6.07, 6.45) is 2.72. The summed E-state index contributed by atoms with van der Waals surface area (Å²) in [5.41, 5.74) is 0.658. The molecule has 2 rings (SSSR count). The summed E-state index contributed by atoms with van der Waals surface area (Å²) in [6, 6.07) is 0.0563. The fourth-order valence-corrected chi connectivity index (χ4v) is 2.27. The van der Waals surface area contributed by atoms with Gasteiger partial charge in [0, 0.05) is 12.5 Å². The molecule has 0 aliphatic carbocycles. The molecule has 1 aromatic heterocycles. The highest BCUT2D eigenvalue weighted by Crippen LogP contribution is 2.33. The van der Waals surface area contributed by atoms with Gasteiger partial charge in [0.25, 0.3) is 0 Å². The third kappa shape index (κ3) is 3.33. The molecule has 0 aromatic carbocycles. The lowest BCUT2D eigenvalue weighted by molar-refractivity contribution is -0.116. The standard InChI is InChI=1S/C13H20N4O2/c1-13(2,3)6-8-5-9(18)17-10-11(16-8)14-7-15-12(10)19-4/h7-8H,5-6H2,1-4H3,(H,17,18)(H,14,15,16). The van der Waals surface area contributed by atoms with E-state index in [0.717, 1.165) is 6.42 Å². The lowest BCUT2D eigenvalue weighted by Crippen LogP contribution is -2.28. The Bertz CT molecular complexity index is 482. The van der Waals surface area contributed by atoms with Gasteiger partial charge in [-0.3, -0.25) is 4.79 Å². The van der Waals surface area contributed by atoms with Gasteiger partial charge in [0.15, 0.2) is 5.82 Å². The van der Waals surface area contributed by atoms with Crippen molar-refractivity contribution in [3.8, 4) is 5.88 Å². The maximum Gasteiger partial charge on any atom is 0.242 e. The lowest BCUT2D eigenvalue weighted by Gasteiger charge is -2.25. The number of aromatic nitrogens is 2. The molecule has 6 nitrogen and oxygen atoms in total. The number of amides is 1. The van der Waals surface area contributed by atoms with Crippen LogP contribution in [-0.2, 0) is 4.79 Å². The maximum atomic E-state index is 11.9. The quantitative estimate of drug-likeness (QED) is 0.855. The molecule has 2 heterocycles. The highest BCUT2D eigenvalue weighted by Gasteiger charge is 2.27. The van der Waals surface area contributed by atoms with E-state index < -0.39 is 0 Å². The lowest BCUT2D eigenvalue weighted by atomic mass is 9.87. The van der Waals surface area contributed by atoms with Crippen LogP contribution in [-0.4, -0.2) is 29.0 Å². The van der Waals surface area contributed by atoms with Crippen LogP contribution in [0.15, 0.2) is 6.33 Å². The monoisotopic (exact) mass is 264 g/mol. The molecule has 2 N–H and O–H groups in total. The molecule has 6 heteroatoms. The van der Waals surface area contributed by atoms with Gasteiger partial charge in [-0.2, -0.15) is 4.98 Å². The Labute approximate surface area is 113 Å². The Morgan fingerprint density at radius 2 is 2.16 bits per heavy atom. The molecule has 19 heavy (non-hydrogen) atoms. The molecule has 104 valence electrons. The molecule has 1 atom stereocenters. The Balaban J connectivity index is 2.29. The smallest absolute Gasteiger partial charge is 0.242 e. The Hall–Kier alpha value is -1.85. The largest absolute Gasteiger partial charge is 0.479 e. The minimum absolute atomic E-state index is 0.0476. The van der Waals surface area contributed by atoms with Gasteiger partial charge in [0.05, 0.1) is 7.11 Å².